The maximum absolute atomic E-state index is 13.3. The lowest BCUT2D eigenvalue weighted by molar-refractivity contribution is 0.253. The summed E-state index contributed by atoms with van der Waals surface area (Å²) in [5.41, 5.74) is -0.690. The summed E-state index contributed by atoms with van der Waals surface area (Å²) in [6.07, 6.45) is 2.57. The first-order chi connectivity index (χ1) is 9.04. The quantitative estimate of drug-likeness (QED) is 0.861. The van der Waals surface area contributed by atoms with Gasteiger partial charge in [-0.3, -0.25) is 5.32 Å². The normalized spacial score (nSPS) is 17.6. The molecule has 1 atom stereocenters. The largest absolute Gasteiger partial charge is 0.490 e. The standard InChI is InChI=1S/C14H16F2N2O/c1-14(9-17,18-10-5-6-10)7-8-19-12-4-2-3-11(15)13(12)16/h2-4,10,18H,5-8H2,1H3. The van der Waals surface area contributed by atoms with Crippen molar-refractivity contribution in [3.63, 3.8) is 0 Å². The van der Waals surface area contributed by atoms with E-state index in [4.69, 9.17) is 10.00 Å². The Morgan fingerprint density at radius 3 is 2.84 bits per heavy atom. The predicted molar refractivity (Wildman–Crippen MR) is 66.6 cm³/mol. The number of ether oxygens (including phenoxy) is 1. The second kappa shape index (κ2) is 5.54. The minimum absolute atomic E-state index is 0.119. The van der Waals surface area contributed by atoms with Crippen LogP contribution in [0.25, 0.3) is 0 Å². The van der Waals surface area contributed by atoms with E-state index in [9.17, 15) is 8.78 Å². The highest BCUT2D eigenvalue weighted by Gasteiger charge is 2.32. The lowest BCUT2D eigenvalue weighted by Crippen LogP contribution is -2.43. The predicted octanol–water partition coefficient (Wildman–Crippen LogP) is 2.77. The minimum Gasteiger partial charge on any atom is -0.490 e. The summed E-state index contributed by atoms with van der Waals surface area (Å²) < 4.78 is 31.5. The van der Waals surface area contributed by atoms with E-state index < -0.39 is 17.2 Å². The van der Waals surface area contributed by atoms with E-state index in [1.54, 1.807) is 6.92 Å². The number of halogens is 2. The second-order valence-electron chi connectivity index (χ2n) is 5.01. The lowest BCUT2D eigenvalue weighted by atomic mass is 10.0. The van der Waals surface area contributed by atoms with Crippen molar-refractivity contribution < 1.29 is 13.5 Å². The van der Waals surface area contributed by atoms with Gasteiger partial charge in [0.25, 0.3) is 0 Å². The number of nitrogens with one attached hydrogen (secondary N) is 1. The van der Waals surface area contributed by atoms with Gasteiger partial charge in [0.15, 0.2) is 11.6 Å². The second-order valence-corrected chi connectivity index (χ2v) is 5.01. The van der Waals surface area contributed by atoms with Gasteiger partial charge in [0.2, 0.25) is 5.82 Å². The van der Waals surface area contributed by atoms with Crippen LogP contribution in [0.1, 0.15) is 26.2 Å². The first-order valence-corrected chi connectivity index (χ1v) is 6.30. The molecule has 1 aliphatic rings. The fourth-order valence-corrected chi connectivity index (χ4v) is 1.80. The molecule has 0 bridgehead atoms. The van der Waals surface area contributed by atoms with Gasteiger partial charge in [-0.25, -0.2) is 4.39 Å². The fourth-order valence-electron chi connectivity index (χ4n) is 1.80. The summed E-state index contributed by atoms with van der Waals surface area (Å²) in [5.74, 6) is -2.04. The molecule has 19 heavy (non-hydrogen) atoms. The lowest BCUT2D eigenvalue weighted by Gasteiger charge is -2.23. The highest BCUT2D eigenvalue weighted by molar-refractivity contribution is 5.25. The Labute approximate surface area is 111 Å². The van der Waals surface area contributed by atoms with Crippen LogP contribution in [0.2, 0.25) is 0 Å². The molecule has 0 spiro atoms. The van der Waals surface area contributed by atoms with E-state index in [0.717, 1.165) is 18.9 Å². The molecule has 0 aromatic heterocycles. The van der Waals surface area contributed by atoms with E-state index >= 15 is 0 Å². The SMILES string of the molecule is CC(C#N)(CCOc1cccc(F)c1F)NC1CC1. The first-order valence-electron chi connectivity index (χ1n) is 6.30. The zero-order valence-electron chi connectivity index (χ0n) is 10.7. The molecule has 1 aromatic carbocycles. The number of nitrogens with zero attached hydrogens (tertiary/aromatic N) is 1. The molecule has 0 heterocycles. The van der Waals surface area contributed by atoms with Gasteiger partial charge < -0.3 is 4.74 Å². The van der Waals surface area contributed by atoms with Crippen molar-refractivity contribution in [3.8, 4) is 11.8 Å². The van der Waals surface area contributed by atoms with Crippen molar-refractivity contribution >= 4 is 0 Å². The summed E-state index contributed by atoms with van der Waals surface area (Å²) >= 11 is 0. The molecule has 1 unspecified atom stereocenters. The van der Waals surface area contributed by atoms with E-state index in [2.05, 4.69) is 11.4 Å². The number of hydrogen-bond acceptors (Lipinski definition) is 3. The molecule has 1 N–H and O–H groups in total. The minimum atomic E-state index is -0.990. The smallest absolute Gasteiger partial charge is 0.200 e. The van der Waals surface area contributed by atoms with Crippen LogP contribution < -0.4 is 10.1 Å². The highest BCUT2D eigenvalue weighted by Crippen LogP contribution is 2.24. The molecule has 0 amide bonds. The van der Waals surface area contributed by atoms with Crippen molar-refractivity contribution in [2.45, 2.75) is 37.8 Å². The monoisotopic (exact) mass is 266 g/mol. The zero-order chi connectivity index (χ0) is 13.9. The summed E-state index contributed by atoms with van der Waals surface area (Å²) in [4.78, 5) is 0. The Kier molecular flexibility index (Phi) is 4.01. The molecule has 3 nitrogen and oxygen atoms in total. The van der Waals surface area contributed by atoms with Crippen molar-refractivity contribution in [1.82, 2.24) is 5.32 Å². The van der Waals surface area contributed by atoms with Crippen LogP contribution in [0, 0.1) is 23.0 Å². The van der Waals surface area contributed by atoms with Gasteiger partial charge in [0, 0.05) is 12.5 Å². The molecule has 1 aliphatic carbocycles. The first kappa shape index (κ1) is 13.8. The molecule has 1 aromatic rings. The number of hydrogen-bond donors (Lipinski definition) is 1. The number of rotatable bonds is 6. The summed E-state index contributed by atoms with van der Waals surface area (Å²) in [5, 5.41) is 12.4. The van der Waals surface area contributed by atoms with Crippen LogP contribution >= 0.6 is 0 Å². The van der Waals surface area contributed by atoms with E-state index in [1.165, 1.54) is 12.1 Å². The van der Waals surface area contributed by atoms with Gasteiger partial charge in [0.05, 0.1) is 12.7 Å². The van der Waals surface area contributed by atoms with Crippen molar-refractivity contribution in [2.24, 2.45) is 0 Å². The van der Waals surface area contributed by atoms with E-state index in [-0.39, 0.29) is 12.4 Å². The third kappa shape index (κ3) is 3.65. The molecule has 0 saturated heterocycles. The van der Waals surface area contributed by atoms with Gasteiger partial charge >= 0.3 is 0 Å². The van der Waals surface area contributed by atoms with Crippen LogP contribution in [0.5, 0.6) is 5.75 Å². The average Bonchev–Trinajstić information content (AvgIpc) is 3.18. The average molecular weight is 266 g/mol. The summed E-state index contributed by atoms with van der Waals surface area (Å²) in [6.45, 7) is 1.95. The van der Waals surface area contributed by atoms with Crippen molar-refractivity contribution in [2.75, 3.05) is 6.61 Å². The van der Waals surface area contributed by atoms with Gasteiger partial charge in [-0.2, -0.15) is 9.65 Å². The van der Waals surface area contributed by atoms with Crippen LogP contribution in [0.4, 0.5) is 8.78 Å². The van der Waals surface area contributed by atoms with Crippen LogP contribution in [-0.2, 0) is 0 Å². The summed E-state index contributed by atoms with van der Waals surface area (Å²) in [6, 6.07) is 6.40. The van der Waals surface area contributed by atoms with Crippen molar-refractivity contribution in [3.05, 3.63) is 29.8 Å². The van der Waals surface area contributed by atoms with E-state index in [1.807, 2.05) is 0 Å². The Morgan fingerprint density at radius 1 is 1.47 bits per heavy atom. The molecule has 1 fully saturated rings. The van der Waals surface area contributed by atoms with Crippen LogP contribution in [-0.4, -0.2) is 18.2 Å². The number of benzene rings is 1. The van der Waals surface area contributed by atoms with Gasteiger partial charge in [-0.05, 0) is 31.9 Å². The molecule has 1 saturated carbocycles. The molecular formula is C14H16F2N2O. The summed E-state index contributed by atoms with van der Waals surface area (Å²) in [7, 11) is 0. The fraction of sp³-hybridized carbons (Fsp3) is 0.500. The molecule has 0 aliphatic heterocycles. The molecule has 5 heteroatoms. The maximum Gasteiger partial charge on any atom is 0.200 e. The zero-order valence-corrected chi connectivity index (χ0v) is 10.7. The Morgan fingerprint density at radius 2 is 2.21 bits per heavy atom. The van der Waals surface area contributed by atoms with Crippen molar-refractivity contribution in [1.29, 1.82) is 5.26 Å². The third-order valence-electron chi connectivity index (χ3n) is 3.12. The topological polar surface area (TPSA) is 45.0 Å². The Balaban J connectivity index is 1.88. The molecule has 2 rings (SSSR count). The molecular weight excluding hydrogens is 250 g/mol. The Bertz CT molecular complexity index is 497. The number of nitriles is 1. The van der Waals surface area contributed by atoms with Gasteiger partial charge in [-0.1, -0.05) is 6.07 Å². The van der Waals surface area contributed by atoms with E-state index in [0.29, 0.717) is 12.5 Å². The van der Waals surface area contributed by atoms with Gasteiger partial charge in [0.1, 0.15) is 5.54 Å². The van der Waals surface area contributed by atoms with Gasteiger partial charge in [-0.15, -0.1) is 0 Å². The van der Waals surface area contributed by atoms with Crippen LogP contribution in [0.3, 0.4) is 0 Å². The maximum atomic E-state index is 13.3. The third-order valence-corrected chi connectivity index (χ3v) is 3.12. The molecule has 102 valence electrons. The van der Waals surface area contributed by atoms with Crippen LogP contribution in [0.15, 0.2) is 18.2 Å². The molecule has 0 radical (unpaired) electrons. The highest BCUT2D eigenvalue weighted by atomic mass is 19.2. The Hall–Kier alpha value is -1.67.